The predicted molar refractivity (Wildman–Crippen MR) is 66.9 cm³/mol. The molecule has 0 saturated heterocycles. The molecule has 0 N–H and O–H groups in total. The monoisotopic (exact) mass is 234 g/mol. The maximum absolute atomic E-state index is 12.4. The van der Waals surface area contributed by atoms with Crippen molar-refractivity contribution in [3.05, 3.63) is 21.9 Å². The fraction of sp³-hybridized carbons (Fsp3) is 0.643. The second-order valence-electron chi connectivity index (χ2n) is 5.89. The number of hydrogen-bond acceptors (Lipinski definition) is 2. The molecule has 0 amide bonds. The number of carbonyl (C=O) groups excluding carboxylic acids is 1. The molecule has 86 valence electrons. The van der Waals surface area contributed by atoms with E-state index in [1.54, 1.807) is 0 Å². The largest absolute Gasteiger partial charge is 0.299 e. The lowest BCUT2D eigenvalue weighted by Crippen LogP contribution is -2.20. The quantitative estimate of drug-likeness (QED) is 0.761. The molecule has 0 aromatic carbocycles. The summed E-state index contributed by atoms with van der Waals surface area (Å²) in [6.07, 6.45) is 4.55. The van der Waals surface area contributed by atoms with Gasteiger partial charge in [-0.1, -0.05) is 13.8 Å². The van der Waals surface area contributed by atoms with Crippen LogP contribution in [0, 0.1) is 11.3 Å². The normalized spacial score (nSPS) is 30.9. The van der Waals surface area contributed by atoms with Gasteiger partial charge in [-0.2, -0.15) is 0 Å². The molecule has 0 bridgehead atoms. The fourth-order valence-electron chi connectivity index (χ4n) is 2.98. The highest BCUT2D eigenvalue weighted by atomic mass is 32.1. The third-order valence-corrected chi connectivity index (χ3v) is 5.25. The molecule has 0 aliphatic heterocycles. The van der Waals surface area contributed by atoms with Gasteiger partial charge in [0, 0.05) is 16.7 Å². The van der Waals surface area contributed by atoms with E-state index in [-0.39, 0.29) is 11.3 Å². The van der Waals surface area contributed by atoms with E-state index in [0.29, 0.717) is 11.7 Å². The van der Waals surface area contributed by atoms with Gasteiger partial charge in [-0.15, -0.1) is 11.3 Å². The van der Waals surface area contributed by atoms with Crippen LogP contribution in [0.5, 0.6) is 0 Å². The van der Waals surface area contributed by atoms with E-state index in [0.717, 1.165) is 12.8 Å². The molecule has 2 heteroatoms. The molecule has 2 unspecified atom stereocenters. The minimum absolute atomic E-state index is 0.224. The molecule has 1 heterocycles. The first-order chi connectivity index (χ1) is 7.59. The number of rotatable bonds is 2. The molecule has 1 aromatic rings. The lowest BCUT2D eigenvalue weighted by Gasteiger charge is -2.22. The molecule has 1 aromatic heterocycles. The molecular formula is C14H18OS. The van der Waals surface area contributed by atoms with Gasteiger partial charge in [0.1, 0.15) is 5.78 Å². The summed E-state index contributed by atoms with van der Waals surface area (Å²) in [5.41, 5.74) is 1.63. The van der Waals surface area contributed by atoms with Crippen LogP contribution in [0.15, 0.2) is 11.4 Å². The molecule has 2 aliphatic rings. The Bertz CT molecular complexity index is 430. The van der Waals surface area contributed by atoms with Gasteiger partial charge in [0.05, 0.1) is 0 Å². The number of thiophene rings is 1. The van der Waals surface area contributed by atoms with Gasteiger partial charge in [-0.05, 0) is 48.1 Å². The SMILES string of the molecule is CC1(C)CC1C(=O)C1CCCc2sccc21. The van der Waals surface area contributed by atoms with E-state index >= 15 is 0 Å². The summed E-state index contributed by atoms with van der Waals surface area (Å²) in [5.74, 6) is 1.08. The highest BCUT2D eigenvalue weighted by molar-refractivity contribution is 7.10. The van der Waals surface area contributed by atoms with Crippen molar-refractivity contribution < 1.29 is 4.79 Å². The van der Waals surface area contributed by atoms with Crippen LogP contribution in [0.3, 0.4) is 0 Å². The fourth-order valence-corrected chi connectivity index (χ4v) is 3.97. The first kappa shape index (κ1) is 10.5. The van der Waals surface area contributed by atoms with Crippen molar-refractivity contribution in [1.82, 2.24) is 0 Å². The van der Waals surface area contributed by atoms with E-state index in [2.05, 4.69) is 25.3 Å². The van der Waals surface area contributed by atoms with E-state index in [1.165, 1.54) is 23.3 Å². The van der Waals surface area contributed by atoms with Crippen LogP contribution in [-0.4, -0.2) is 5.78 Å². The van der Waals surface area contributed by atoms with Gasteiger partial charge in [-0.25, -0.2) is 0 Å². The van der Waals surface area contributed by atoms with E-state index in [4.69, 9.17) is 0 Å². The number of carbonyl (C=O) groups is 1. The van der Waals surface area contributed by atoms with Crippen molar-refractivity contribution in [2.24, 2.45) is 11.3 Å². The second kappa shape index (κ2) is 3.43. The third-order valence-electron chi connectivity index (χ3n) is 4.25. The van der Waals surface area contributed by atoms with E-state index in [9.17, 15) is 4.79 Å². The second-order valence-corrected chi connectivity index (χ2v) is 6.89. The molecule has 1 fully saturated rings. The first-order valence-corrected chi connectivity index (χ1v) is 7.07. The number of fused-ring (bicyclic) bond motifs is 1. The molecule has 3 rings (SSSR count). The summed E-state index contributed by atoms with van der Waals surface area (Å²) in [4.78, 5) is 13.9. The summed E-state index contributed by atoms with van der Waals surface area (Å²) in [5, 5.41) is 2.15. The van der Waals surface area contributed by atoms with Crippen LogP contribution in [0.4, 0.5) is 0 Å². The van der Waals surface area contributed by atoms with Gasteiger partial charge < -0.3 is 0 Å². The standard InChI is InChI=1S/C14H18OS/c1-14(2)8-11(14)13(15)10-4-3-5-12-9(10)6-7-16-12/h6-7,10-11H,3-5,8H2,1-2H3. The molecular weight excluding hydrogens is 216 g/mol. The summed E-state index contributed by atoms with van der Waals surface area (Å²) < 4.78 is 0. The zero-order chi connectivity index (χ0) is 11.3. The smallest absolute Gasteiger partial charge is 0.143 e. The van der Waals surface area contributed by atoms with Gasteiger partial charge in [0.2, 0.25) is 0 Å². The zero-order valence-corrected chi connectivity index (χ0v) is 10.8. The molecule has 1 saturated carbocycles. The van der Waals surface area contributed by atoms with Crippen molar-refractivity contribution in [3.63, 3.8) is 0 Å². The number of aryl methyl sites for hydroxylation is 1. The van der Waals surface area contributed by atoms with Crippen LogP contribution in [0.2, 0.25) is 0 Å². The van der Waals surface area contributed by atoms with Crippen LogP contribution in [0.25, 0.3) is 0 Å². The van der Waals surface area contributed by atoms with E-state index < -0.39 is 0 Å². The van der Waals surface area contributed by atoms with Crippen molar-refractivity contribution in [1.29, 1.82) is 0 Å². The van der Waals surface area contributed by atoms with Gasteiger partial charge >= 0.3 is 0 Å². The Morgan fingerprint density at radius 3 is 2.94 bits per heavy atom. The first-order valence-electron chi connectivity index (χ1n) is 6.19. The van der Waals surface area contributed by atoms with Gasteiger partial charge in [0.25, 0.3) is 0 Å². The van der Waals surface area contributed by atoms with Gasteiger partial charge in [-0.3, -0.25) is 4.79 Å². The Kier molecular flexibility index (Phi) is 2.25. The lowest BCUT2D eigenvalue weighted by molar-refractivity contribution is -0.122. The molecule has 1 nitrogen and oxygen atoms in total. The average Bonchev–Trinajstić information content (AvgIpc) is 2.71. The maximum Gasteiger partial charge on any atom is 0.143 e. The summed E-state index contributed by atoms with van der Waals surface area (Å²) in [7, 11) is 0. The Balaban J connectivity index is 1.85. The third kappa shape index (κ3) is 1.55. The van der Waals surface area contributed by atoms with Crippen LogP contribution in [-0.2, 0) is 11.2 Å². The number of Topliss-reactive ketones (excluding diaryl/α,β-unsaturated/α-hetero) is 1. The van der Waals surface area contributed by atoms with Crippen LogP contribution in [0.1, 0.15) is 49.5 Å². The summed E-state index contributed by atoms with van der Waals surface area (Å²) >= 11 is 1.83. The topological polar surface area (TPSA) is 17.1 Å². The van der Waals surface area contributed by atoms with Crippen molar-refractivity contribution >= 4 is 17.1 Å². The van der Waals surface area contributed by atoms with Gasteiger partial charge in [0.15, 0.2) is 0 Å². The Hall–Kier alpha value is -0.630. The Labute approximate surface area is 101 Å². The molecule has 0 spiro atoms. The zero-order valence-electron chi connectivity index (χ0n) is 9.95. The Morgan fingerprint density at radius 1 is 1.50 bits per heavy atom. The molecule has 16 heavy (non-hydrogen) atoms. The summed E-state index contributed by atoms with van der Waals surface area (Å²) in [6, 6.07) is 2.18. The maximum atomic E-state index is 12.4. The van der Waals surface area contributed by atoms with E-state index in [1.807, 2.05) is 11.3 Å². The van der Waals surface area contributed by atoms with Crippen molar-refractivity contribution in [3.8, 4) is 0 Å². The number of hydrogen-bond donors (Lipinski definition) is 0. The highest BCUT2D eigenvalue weighted by Crippen LogP contribution is 2.55. The lowest BCUT2D eigenvalue weighted by atomic mass is 9.82. The summed E-state index contributed by atoms with van der Waals surface area (Å²) in [6.45, 7) is 4.43. The minimum atomic E-state index is 0.224. The van der Waals surface area contributed by atoms with Crippen LogP contribution < -0.4 is 0 Å². The number of ketones is 1. The average molecular weight is 234 g/mol. The predicted octanol–water partition coefficient (Wildman–Crippen LogP) is 3.78. The van der Waals surface area contributed by atoms with Crippen molar-refractivity contribution in [2.75, 3.05) is 0 Å². The Morgan fingerprint density at radius 2 is 2.25 bits per heavy atom. The molecule has 2 atom stereocenters. The molecule has 0 radical (unpaired) electrons. The van der Waals surface area contributed by atoms with Crippen molar-refractivity contribution in [2.45, 2.75) is 45.4 Å². The van der Waals surface area contributed by atoms with Crippen LogP contribution >= 0.6 is 11.3 Å². The highest BCUT2D eigenvalue weighted by Gasteiger charge is 2.52. The minimum Gasteiger partial charge on any atom is -0.299 e. The molecule has 2 aliphatic carbocycles.